The van der Waals surface area contributed by atoms with Crippen LogP contribution in [0.2, 0.25) is 0 Å². The predicted molar refractivity (Wildman–Crippen MR) is 56.9 cm³/mol. The third-order valence-corrected chi connectivity index (χ3v) is 2.70. The van der Waals surface area contributed by atoms with Crippen molar-refractivity contribution in [2.24, 2.45) is 0 Å². The highest BCUT2D eigenvalue weighted by atomic mass is 19.4. The lowest BCUT2D eigenvalue weighted by atomic mass is 9.95. The molecule has 1 N–H and O–H groups in total. The molecule has 1 aliphatic heterocycles. The molecule has 0 aliphatic carbocycles. The third-order valence-electron chi connectivity index (χ3n) is 2.70. The molecule has 0 unspecified atom stereocenters. The molecule has 17 heavy (non-hydrogen) atoms. The van der Waals surface area contributed by atoms with Crippen LogP contribution in [0.4, 0.5) is 17.6 Å². The highest BCUT2D eigenvalue weighted by Gasteiger charge is 2.34. The van der Waals surface area contributed by atoms with Crippen LogP contribution < -0.4 is 5.32 Å². The van der Waals surface area contributed by atoms with E-state index in [0.717, 1.165) is 18.2 Å². The Morgan fingerprint density at radius 2 is 1.94 bits per heavy atom. The van der Waals surface area contributed by atoms with E-state index in [0.29, 0.717) is 25.1 Å². The fourth-order valence-electron chi connectivity index (χ4n) is 1.90. The number of alkyl halides is 3. The van der Waals surface area contributed by atoms with Crippen LogP contribution in [0.3, 0.4) is 0 Å². The Balaban J connectivity index is 2.50. The SMILES string of the molecule is Fc1ccc(C(F)(F)F)c(C2=CCNCC2)c1. The molecule has 1 heterocycles. The molecule has 2 rings (SSSR count). The van der Waals surface area contributed by atoms with Crippen molar-refractivity contribution in [1.29, 1.82) is 0 Å². The fraction of sp³-hybridized carbons (Fsp3) is 0.333. The van der Waals surface area contributed by atoms with Gasteiger partial charge in [-0.15, -0.1) is 0 Å². The van der Waals surface area contributed by atoms with Crippen molar-refractivity contribution < 1.29 is 17.6 Å². The molecule has 0 spiro atoms. The summed E-state index contributed by atoms with van der Waals surface area (Å²) < 4.78 is 51.4. The summed E-state index contributed by atoms with van der Waals surface area (Å²) in [6.45, 7) is 1.13. The lowest BCUT2D eigenvalue weighted by Crippen LogP contribution is -2.21. The van der Waals surface area contributed by atoms with Crippen LogP contribution in [0.25, 0.3) is 5.57 Å². The van der Waals surface area contributed by atoms with Crippen molar-refractivity contribution in [2.75, 3.05) is 13.1 Å². The fourth-order valence-corrected chi connectivity index (χ4v) is 1.90. The lowest BCUT2D eigenvalue weighted by molar-refractivity contribution is -0.137. The summed E-state index contributed by atoms with van der Waals surface area (Å²) in [7, 11) is 0. The van der Waals surface area contributed by atoms with E-state index in [9.17, 15) is 17.6 Å². The monoisotopic (exact) mass is 245 g/mol. The quantitative estimate of drug-likeness (QED) is 0.749. The number of nitrogens with one attached hydrogen (secondary N) is 1. The smallest absolute Gasteiger partial charge is 0.313 e. The molecule has 0 amide bonds. The van der Waals surface area contributed by atoms with Gasteiger partial charge in [-0.3, -0.25) is 0 Å². The van der Waals surface area contributed by atoms with E-state index >= 15 is 0 Å². The average molecular weight is 245 g/mol. The number of hydrogen-bond donors (Lipinski definition) is 1. The van der Waals surface area contributed by atoms with Gasteiger partial charge in [0.2, 0.25) is 0 Å². The summed E-state index contributed by atoms with van der Waals surface area (Å²) in [6, 6.07) is 2.60. The zero-order chi connectivity index (χ0) is 12.5. The van der Waals surface area contributed by atoms with Crippen molar-refractivity contribution in [1.82, 2.24) is 5.32 Å². The maximum atomic E-state index is 13.1. The molecule has 0 saturated heterocycles. The summed E-state index contributed by atoms with van der Waals surface area (Å²) in [5, 5.41) is 3.01. The van der Waals surface area contributed by atoms with Crippen molar-refractivity contribution in [2.45, 2.75) is 12.6 Å². The van der Waals surface area contributed by atoms with Gasteiger partial charge in [0.05, 0.1) is 5.56 Å². The molecule has 0 fully saturated rings. The van der Waals surface area contributed by atoms with Crippen LogP contribution >= 0.6 is 0 Å². The predicted octanol–water partition coefficient (Wildman–Crippen LogP) is 3.22. The largest absolute Gasteiger partial charge is 0.416 e. The molecule has 92 valence electrons. The van der Waals surface area contributed by atoms with E-state index in [1.165, 1.54) is 0 Å². The molecule has 0 atom stereocenters. The number of rotatable bonds is 1. The Morgan fingerprint density at radius 3 is 2.53 bits per heavy atom. The highest BCUT2D eigenvalue weighted by molar-refractivity contribution is 5.69. The van der Waals surface area contributed by atoms with E-state index in [1.54, 1.807) is 6.08 Å². The maximum Gasteiger partial charge on any atom is 0.416 e. The van der Waals surface area contributed by atoms with Crippen LogP contribution in [-0.4, -0.2) is 13.1 Å². The minimum absolute atomic E-state index is 0.0426. The van der Waals surface area contributed by atoms with Gasteiger partial charge in [-0.25, -0.2) is 4.39 Å². The number of hydrogen-bond acceptors (Lipinski definition) is 1. The van der Waals surface area contributed by atoms with Crippen molar-refractivity contribution in [3.05, 3.63) is 41.2 Å². The van der Waals surface area contributed by atoms with Crippen LogP contribution in [-0.2, 0) is 6.18 Å². The number of halogens is 4. The van der Waals surface area contributed by atoms with Gasteiger partial charge >= 0.3 is 6.18 Å². The summed E-state index contributed by atoms with van der Waals surface area (Å²) in [4.78, 5) is 0. The molecule has 0 bridgehead atoms. The Hall–Kier alpha value is -1.36. The Kier molecular flexibility index (Phi) is 3.19. The normalized spacial score (nSPS) is 16.8. The van der Waals surface area contributed by atoms with Crippen LogP contribution in [0.15, 0.2) is 24.3 Å². The molecular formula is C12H11F4N. The molecule has 1 nitrogen and oxygen atoms in total. The zero-order valence-electron chi connectivity index (χ0n) is 8.94. The Morgan fingerprint density at radius 1 is 1.18 bits per heavy atom. The topological polar surface area (TPSA) is 12.0 Å². The summed E-state index contributed by atoms with van der Waals surface area (Å²) >= 11 is 0. The molecule has 1 aliphatic rings. The molecule has 0 aromatic heterocycles. The second-order valence-corrected chi connectivity index (χ2v) is 3.87. The Bertz CT molecular complexity index is 448. The molecule has 1 aromatic rings. The molecule has 1 aromatic carbocycles. The second-order valence-electron chi connectivity index (χ2n) is 3.87. The van der Waals surface area contributed by atoms with Crippen molar-refractivity contribution in [3.8, 4) is 0 Å². The lowest BCUT2D eigenvalue weighted by Gasteiger charge is -2.18. The average Bonchev–Trinajstić information content (AvgIpc) is 2.28. The highest BCUT2D eigenvalue weighted by Crippen LogP contribution is 2.36. The molecular weight excluding hydrogens is 234 g/mol. The standard InChI is InChI=1S/C12H11F4N/c13-9-1-2-11(12(14,15)16)10(7-9)8-3-5-17-6-4-8/h1-3,7,17H,4-6H2. The van der Waals surface area contributed by atoms with Gasteiger partial charge in [-0.05, 0) is 42.3 Å². The summed E-state index contributed by atoms with van der Waals surface area (Å²) in [6.07, 6.45) is -2.30. The van der Waals surface area contributed by atoms with Crippen LogP contribution in [0, 0.1) is 5.82 Å². The first kappa shape index (κ1) is 12.1. The van der Waals surface area contributed by atoms with Gasteiger partial charge in [0.15, 0.2) is 0 Å². The second kappa shape index (κ2) is 4.49. The molecule has 0 radical (unpaired) electrons. The number of benzene rings is 1. The van der Waals surface area contributed by atoms with E-state index in [2.05, 4.69) is 5.32 Å². The van der Waals surface area contributed by atoms with E-state index in [-0.39, 0.29) is 5.56 Å². The summed E-state index contributed by atoms with van der Waals surface area (Å²) in [5.74, 6) is -0.646. The van der Waals surface area contributed by atoms with Gasteiger partial charge in [0, 0.05) is 6.54 Å². The van der Waals surface area contributed by atoms with Crippen LogP contribution in [0.1, 0.15) is 17.5 Å². The van der Waals surface area contributed by atoms with E-state index in [4.69, 9.17) is 0 Å². The van der Waals surface area contributed by atoms with Crippen LogP contribution in [0.5, 0.6) is 0 Å². The maximum absolute atomic E-state index is 13.1. The third kappa shape index (κ3) is 2.66. The summed E-state index contributed by atoms with van der Waals surface area (Å²) in [5.41, 5.74) is -0.262. The Labute approximate surface area is 96.1 Å². The van der Waals surface area contributed by atoms with Gasteiger partial charge in [-0.1, -0.05) is 6.08 Å². The first-order valence-corrected chi connectivity index (χ1v) is 5.25. The van der Waals surface area contributed by atoms with E-state index in [1.807, 2.05) is 0 Å². The minimum Gasteiger partial charge on any atom is -0.313 e. The first-order chi connectivity index (χ1) is 7.98. The van der Waals surface area contributed by atoms with Crippen molar-refractivity contribution in [3.63, 3.8) is 0 Å². The van der Waals surface area contributed by atoms with Crippen molar-refractivity contribution >= 4 is 5.57 Å². The molecule has 0 saturated carbocycles. The van der Waals surface area contributed by atoms with Gasteiger partial charge in [0.1, 0.15) is 5.82 Å². The van der Waals surface area contributed by atoms with E-state index < -0.39 is 17.6 Å². The van der Waals surface area contributed by atoms with Gasteiger partial charge in [0.25, 0.3) is 0 Å². The van der Waals surface area contributed by atoms with Gasteiger partial charge < -0.3 is 5.32 Å². The molecule has 5 heteroatoms. The zero-order valence-corrected chi connectivity index (χ0v) is 8.94. The minimum atomic E-state index is -4.45. The van der Waals surface area contributed by atoms with Gasteiger partial charge in [-0.2, -0.15) is 13.2 Å². The first-order valence-electron chi connectivity index (χ1n) is 5.25.